The number of nitrogens with zero attached hydrogens (tertiary/aromatic N) is 3. The molecule has 0 unspecified atom stereocenters. The maximum absolute atomic E-state index is 13.8. The second-order valence-corrected chi connectivity index (χ2v) is 31.9. The van der Waals surface area contributed by atoms with Gasteiger partial charge in [-0.05, 0) is 200 Å². The van der Waals surface area contributed by atoms with Crippen LogP contribution in [0.4, 0.5) is 4.39 Å². The monoisotopic (exact) mass is 1680 g/mol. The van der Waals surface area contributed by atoms with Crippen molar-refractivity contribution in [3.8, 4) is 17.1 Å². The van der Waals surface area contributed by atoms with Gasteiger partial charge in [0.05, 0.1) is 18.1 Å². The molecule has 12 N–H and O–H groups in total. The second-order valence-electron chi connectivity index (χ2n) is 31.5. The van der Waals surface area contributed by atoms with Crippen LogP contribution in [0.2, 0.25) is 5.02 Å². The fourth-order valence-electron chi connectivity index (χ4n) is 16.1. The Bertz CT molecular complexity index is 5000. The average Bonchev–Trinajstić information content (AvgIpc) is 1.70. The molecule has 3 aliphatic heterocycles. The van der Waals surface area contributed by atoms with E-state index < -0.39 is 0 Å². The lowest BCUT2D eigenvalue weighted by Gasteiger charge is -2.29. The van der Waals surface area contributed by atoms with E-state index >= 15 is 0 Å². The van der Waals surface area contributed by atoms with Gasteiger partial charge in [-0.15, -0.1) is 0 Å². The van der Waals surface area contributed by atoms with Crippen LogP contribution in [-0.2, 0) is 24.0 Å². The van der Waals surface area contributed by atoms with Gasteiger partial charge in [0.25, 0.3) is 11.8 Å². The van der Waals surface area contributed by atoms with E-state index in [-0.39, 0.29) is 108 Å². The second kappa shape index (κ2) is 47.5. The van der Waals surface area contributed by atoms with E-state index in [4.69, 9.17) is 38.0 Å². The van der Waals surface area contributed by atoms with Crippen molar-refractivity contribution in [2.75, 3.05) is 85.1 Å². The molecule has 6 amide bonds. The summed E-state index contributed by atoms with van der Waals surface area (Å²) < 4.78 is 24.3. The van der Waals surface area contributed by atoms with Crippen LogP contribution >= 0.6 is 11.6 Å². The number of ether oxygens (including phenoxy) is 1. The largest absolute Gasteiger partial charge is 0.484 e. The number of carbonyl (C=O) groups is 6. The molecule has 4 heterocycles. The Hall–Kier alpha value is -11.9. The van der Waals surface area contributed by atoms with Crippen LogP contribution < -0.4 is 53.8 Å². The summed E-state index contributed by atoms with van der Waals surface area (Å²) in [4.78, 5) is 85.4. The van der Waals surface area contributed by atoms with E-state index in [1.165, 1.54) is 51.9 Å². The molecule has 10 aromatic carbocycles. The standard InChI is InChI=1S/C36H40N4O2.C34H37ClN4O3.C31H37FN4O3/c37-22-9-16-34-36(42)40(26-33(29-11-3-1-4-12-29)30-13-5-2-6-14-30)23-21-32(39-34)25-38-35(41)20-18-27-17-19-28-10-7-8-15-31(28)24-27;35-27-15-13-26(14-16-27)31-17-18-32(42-31)33(40)37-22-28-19-21-39(34(41)30(38-28)12-7-20-36)23-29(24-8-3-1-4-9-24)25-10-5-2-6-11-25;32-25-13-15-27(16-14-25)39-22-30(37)34-20-26-17-19-36(31(38)29(35-26)12-7-18-33)21-28(23-8-3-1-4-9-23)24-10-5-2-6-11-24/h1-8,10-15,17-20,24,32-34,39H,9,16,21-23,25-26,37H2,(H,38,41);1-6,8-11,13-18,28-30,38H,7,12,19-23,36H2,(H,37,40);1-6,8-11,13-16,26,28-29,35H,7,12,17-22,33H2,(H,34,37)/b20-18+;;/t32-,34-;28-,30-;26-,29-/m000/s1. The zero-order valence-electron chi connectivity index (χ0n) is 69.6. The number of nitrogens with one attached hydrogen (secondary N) is 6. The van der Waals surface area contributed by atoms with Crippen molar-refractivity contribution in [1.82, 2.24) is 46.6 Å². The van der Waals surface area contributed by atoms with Crippen molar-refractivity contribution in [3.05, 3.63) is 347 Å². The maximum atomic E-state index is 13.8. The van der Waals surface area contributed by atoms with Gasteiger partial charge in [-0.1, -0.05) is 230 Å². The predicted molar refractivity (Wildman–Crippen MR) is 487 cm³/mol. The molecule has 0 spiro atoms. The van der Waals surface area contributed by atoms with Gasteiger partial charge < -0.3 is 73.0 Å². The number of carbonyl (C=O) groups excluding carboxylic acids is 6. The van der Waals surface area contributed by atoms with Gasteiger partial charge in [0.15, 0.2) is 12.4 Å². The van der Waals surface area contributed by atoms with Gasteiger partial charge in [0, 0.05) is 111 Å². The molecule has 11 aromatic rings. The Balaban J connectivity index is 0.000000169. The van der Waals surface area contributed by atoms with Crippen LogP contribution in [-0.4, -0.2) is 172 Å². The van der Waals surface area contributed by atoms with E-state index in [1.54, 1.807) is 30.3 Å². The lowest BCUT2D eigenvalue weighted by atomic mass is 9.90. The summed E-state index contributed by atoms with van der Waals surface area (Å²) in [6.07, 6.45) is 9.71. The summed E-state index contributed by atoms with van der Waals surface area (Å²) in [5, 5.41) is 22.4. The molecule has 0 bridgehead atoms. The fraction of sp³-hybridized carbons (Fsp3) is 0.307. The topological polar surface area (TPSA) is 285 Å². The van der Waals surface area contributed by atoms with Crippen molar-refractivity contribution in [2.24, 2.45) is 17.2 Å². The van der Waals surface area contributed by atoms with Crippen molar-refractivity contribution >= 4 is 63.9 Å². The van der Waals surface area contributed by atoms with Crippen LogP contribution in [0.25, 0.3) is 28.2 Å². The highest BCUT2D eigenvalue weighted by atomic mass is 35.5. The van der Waals surface area contributed by atoms with Gasteiger partial charge in [-0.3, -0.25) is 28.8 Å². The molecule has 0 radical (unpaired) electrons. The molecule has 3 fully saturated rings. The molecule has 6 atom stereocenters. The first-order valence-corrected chi connectivity index (χ1v) is 43.3. The highest BCUT2D eigenvalue weighted by Gasteiger charge is 2.37. The number of hydrogen-bond acceptors (Lipinski definition) is 14. The zero-order chi connectivity index (χ0) is 85.9. The smallest absolute Gasteiger partial charge is 0.287 e. The number of fused-ring (bicyclic) bond motifs is 1. The molecule has 14 rings (SSSR count). The molecule has 22 heteroatoms. The van der Waals surface area contributed by atoms with Crippen molar-refractivity contribution in [1.29, 1.82) is 0 Å². The average molecular weight is 1680 g/mol. The predicted octanol–water partition coefficient (Wildman–Crippen LogP) is 14.0. The SMILES string of the molecule is NCCC[C@@H]1N[C@H](CNC(=O)/C=C/c2ccc3ccccc3c2)CCN(CC(c2ccccc2)c2ccccc2)C1=O.NCCC[C@@H]1N[C@H](CNC(=O)COc2ccc(F)cc2)CCN(CC(c2ccccc2)c2ccccc2)C1=O.NCCC[C@@H]1N[C@H](CNC(=O)c2ccc(-c3ccc(Cl)cc3)o2)CCN(CC(c2ccccc2)c2ccccc2)C1=O. The zero-order valence-corrected chi connectivity index (χ0v) is 70.4. The number of benzene rings is 10. The van der Waals surface area contributed by atoms with Crippen molar-refractivity contribution in [3.63, 3.8) is 0 Å². The van der Waals surface area contributed by atoms with E-state index in [1.807, 2.05) is 160 Å². The van der Waals surface area contributed by atoms with Gasteiger partial charge in [-0.25, -0.2) is 4.39 Å². The Labute approximate surface area is 726 Å². The first-order chi connectivity index (χ1) is 60.1. The highest BCUT2D eigenvalue weighted by Crippen LogP contribution is 2.32. The van der Waals surface area contributed by atoms with Gasteiger partial charge in [0.2, 0.25) is 23.6 Å². The van der Waals surface area contributed by atoms with E-state index in [2.05, 4.69) is 129 Å². The summed E-state index contributed by atoms with van der Waals surface area (Å²) in [6.45, 7) is 6.09. The lowest BCUT2D eigenvalue weighted by Crippen LogP contribution is -2.49. The highest BCUT2D eigenvalue weighted by molar-refractivity contribution is 6.30. The van der Waals surface area contributed by atoms with Crippen molar-refractivity contribution in [2.45, 2.75) is 112 Å². The number of furan rings is 1. The minimum atomic E-state index is -0.374. The van der Waals surface area contributed by atoms with Crippen LogP contribution in [0.15, 0.2) is 296 Å². The summed E-state index contributed by atoms with van der Waals surface area (Å²) in [6, 6.07) is 91.3. The summed E-state index contributed by atoms with van der Waals surface area (Å²) >= 11 is 5.99. The van der Waals surface area contributed by atoms with E-state index in [9.17, 15) is 33.2 Å². The molecule has 20 nitrogen and oxygen atoms in total. The molecule has 3 saturated heterocycles. The van der Waals surface area contributed by atoms with Gasteiger partial charge >= 0.3 is 0 Å². The number of halogens is 2. The quantitative estimate of drug-likeness (QED) is 0.0170. The van der Waals surface area contributed by atoms with Crippen LogP contribution in [0.3, 0.4) is 0 Å². The number of amides is 6. The molecule has 1 aromatic heterocycles. The van der Waals surface area contributed by atoms with E-state index in [0.29, 0.717) is 127 Å². The molecular formula is C101H114ClFN12O8. The fourth-order valence-corrected chi connectivity index (χ4v) is 16.2. The van der Waals surface area contributed by atoms with Crippen LogP contribution in [0.5, 0.6) is 5.75 Å². The molecule has 3 aliphatic rings. The van der Waals surface area contributed by atoms with Gasteiger partial charge in [0.1, 0.15) is 17.3 Å². The molecule has 0 saturated carbocycles. The Morgan fingerprint density at radius 2 is 0.837 bits per heavy atom. The summed E-state index contributed by atoms with van der Waals surface area (Å²) in [7, 11) is 0. The Morgan fingerprint density at radius 3 is 1.24 bits per heavy atom. The third kappa shape index (κ3) is 27.3. The van der Waals surface area contributed by atoms with Crippen molar-refractivity contribution < 1.29 is 42.3 Å². The lowest BCUT2D eigenvalue weighted by molar-refractivity contribution is -0.133. The number of nitrogens with two attached hydrogens (primary N) is 3. The minimum absolute atomic E-state index is 0.0216. The summed E-state index contributed by atoms with van der Waals surface area (Å²) in [5.41, 5.74) is 26.3. The maximum Gasteiger partial charge on any atom is 0.287 e. The molecule has 640 valence electrons. The van der Waals surface area contributed by atoms with Crippen LogP contribution in [0.1, 0.15) is 125 Å². The summed E-state index contributed by atoms with van der Waals surface area (Å²) in [5.74, 6) is 0.586. The minimum Gasteiger partial charge on any atom is -0.484 e. The number of hydrogen-bond donors (Lipinski definition) is 9. The first-order valence-electron chi connectivity index (χ1n) is 42.9. The molecule has 123 heavy (non-hydrogen) atoms. The third-order valence-electron chi connectivity index (χ3n) is 22.8. The van der Waals surface area contributed by atoms with Gasteiger partial charge in [-0.2, -0.15) is 0 Å². The Morgan fingerprint density at radius 1 is 0.455 bits per heavy atom. The Kier molecular flexibility index (Phi) is 34.9. The van der Waals surface area contributed by atoms with E-state index in [0.717, 1.165) is 53.3 Å². The van der Waals surface area contributed by atoms with Crippen LogP contribution in [0, 0.1) is 5.82 Å². The number of rotatable bonds is 34. The first kappa shape index (κ1) is 90.3. The molecule has 0 aliphatic carbocycles. The third-order valence-corrected chi connectivity index (χ3v) is 23.1. The normalized spacial score (nSPS) is 17.5. The molecular weight excluding hydrogens is 1560 g/mol.